The van der Waals surface area contributed by atoms with Gasteiger partial charge in [0.15, 0.2) is 0 Å². The highest BCUT2D eigenvalue weighted by Crippen LogP contribution is 2.22. The standard InChI is InChI=1S/C7H14N2O2S/c8-3-1-2-6-9-5(4-12-6)7(10)11/h5-6,9H,1-4,8H2,(H,10,11)/t5-,6?/m0/s1. The van der Waals surface area contributed by atoms with Crippen LogP contribution < -0.4 is 11.1 Å². The molecule has 0 aromatic heterocycles. The Morgan fingerprint density at radius 3 is 3.00 bits per heavy atom. The average molecular weight is 190 g/mol. The van der Waals surface area contributed by atoms with E-state index in [9.17, 15) is 4.79 Å². The Labute approximate surface area is 75.9 Å². The van der Waals surface area contributed by atoms with E-state index in [4.69, 9.17) is 10.8 Å². The second kappa shape index (κ2) is 4.69. The SMILES string of the molecule is NCCCC1N[C@H](C(=O)O)CS1. The van der Waals surface area contributed by atoms with Crippen LogP contribution in [0.15, 0.2) is 0 Å². The van der Waals surface area contributed by atoms with Gasteiger partial charge < -0.3 is 10.8 Å². The van der Waals surface area contributed by atoms with Gasteiger partial charge in [0.2, 0.25) is 0 Å². The van der Waals surface area contributed by atoms with Gasteiger partial charge in [0.1, 0.15) is 6.04 Å². The topological polar surface area (TPSA) is 75.3 Å². The molecule has 2 atom stereocenters. The van der Waals surface area contributed by atoms with Gasteiger partial charge in [-0.3, -0.25) is 10.1 Å². The molecule has 4 N–H and O–H groups in total. The molecule has 1 aliphatic heterocycles. The van der Waals surface area contributed by atoms with Crippen LogP contribution >= 0.6 is 11.8 Å². The average Bonchev–Trinajstić information content (AvgIpc) is 2.48. The minimum Gasteiger partial charge on any atom is -0.480 e. The molecule has 0 aromatic rings. The predicted molar refractivity (Wildman–Crippen MR) is 49.1 cm³/mol. The van der Waals surface area contributed by atoms with Crippen molar-refractivity contribution < 1.29 is 9.90 Å². The quantitative estimate of drug-likeness (QED) is 0.574. The zero-order valence-electron chi connectivity index (χ0n) is 6.82. The summed E-state index contributed by atoms with van der Waals surface area (Å²) in [7, 11) is 0. The molecule has 0 amide bonds. The van der Waals surface area contributed by atoms with Gasteiger partial charge in [0, 0.05) is 5.75 Å². The van der Waals surface area contributed by atoms with Gasteiger partial charge in [0.05, 0.1) is 5.37 Å². The first-order chi connectivity index (χ1) is 5.74. The molecule has 12 heavy (non-hydrogen) atoms. The van der Waals surface area contributed by atoms with E-state index in [0.717, 1.165) is 12.8 Å². The first-order valence-electron chi connectivity index (χ1n) is 4.04. The van der Waals surface area contributed by atoms with Gasteiger partial charge in [0.25, 0.3) is 0 Å². The van der Waals surface area contributed by atoms with Crippen molar-refractivity contribution in [1.82, 2.24) is 5.32 Å². The Balaban J connectivity index is 2.21. The molecule has 1 heterocycles. The maximum atomic E-state index is 10.5. The fourth-order valence-electron chi connectivity index (χ4n) is 1.15. The summed E-state index contributed by atoms with van der Waals surface area (Å²) in [6.45, 7) is 0.677. The Bertz CT molecular complexity index is 165. The largest absolute Gasteiger partial charge is 0.480 e. The molecule has 0 radical (unpaired) electrons. The van der Waals surface area contributed by atoms with Gasteiger partial charge in [-0.05, 0) is 19.4 Å². The molecule has 70 valence electrons. The second-order valence-corrected chi connectivity index (χ2v) is 4.05. The summed E-state index contributed by atoms with van der Waals surface area (Å²) in [5.41, 5.74) is 5.35. The Hall–Kier alpha value is -0.260. The van der Waals surface area contributed by atoms with E-state index in [-0.39, 0.29) is 11.4 Å². The summed E-state index contributed by atoms with van der Waals surface area (Å²) >= 11 is 1.67. The second-order valence-electron chi connectivity index (χ2n) is 2.81. The lowest BCUT2D eigenvalue weighted by molar-refractivity contribution is -0.138. The van der Waals surface area contributed by atoms with E-state index in [0.29, 0.717) is 12.3 Å². The third-order valence-corrected chi connectivity index (χ3v) is 3.12. The highest BCUT2D eigenvalue weighted by atomic mass is 32.2. The number of carbonyl (C=O) groups is 1. The molecule has 1 unspecified atom stereocenters. The van der Waals surface area contributed by atoms with Crippen LogP contribution in [0.25, 0.3) is 0 Å². The molecule has 0 spiro atoms. The molecule has 1 fully saturated rings. The molecule has 0 bridgehead atoms. The zero-order chi connectivity index (χ0) is 8.97. The van der Waals surface area contributed by atoms with Crippen LogP contribution in [0.4, 0.5) is 0 Å². The van der Waals surface area contributed by atoms with Crippen molar-refractivity contribution in [2.75, 3.05) is 12.3 Å². The molecule has 0 aromatic carbocycles. The fraction of sp³-hybridized carbons (Fsp3) is 0.857. The molecule has 1 rings (SSSR count). The van der Waals surface area contributed by atoms with Crippen molar-refractivity contribution in [3.8, 4) is 0 Å². The number of hydrogen-bond donors (Lipinski definition) is 3. The first kappa shape index (κ1) is 9.83. The van der Waals surface area contributed by atoms with Gasteiger partial charge in [-0.25, -0.2) is 0 Å². The summed E-state index contributed by atoms with van der Waals surface area (Å²) < 4.78 is 0. The van der Waals surface area contributed by atoms with E-state index in [1.165, 1.54) is 0 Å². The highest BCUT2D eigenvalue weighted by molar-refractivity contribution is 8.00. The first-order valence-corrected chi connectivity index (χ1v) is 5.09. The van der Waals surface area contributed by atoms with E-state index in [2.05, 4.69) is 5.32 Å². The van der Waals surface area contributed by atoms with Crippen LogP contribution in [0.2, 0.25) is 0 Å². The van der Waals surface area contributed by atoms with Crippen molar-refractivity contribution in [2.24, 2.45) is 5.73 Å². The van der Waals surface area contributed by atoms with Crippen LogP contribution in [0.1, 0.15) is 12.8 Å². The minimum atomic E-state index is -0.752. The summed E-state index contributed by atoms with van der Waals surface area (Å²) in [5.74, 6) is -0.0809. The van der Waals surface area contributed by atoms with Crippen LogP contribution in [-0.2, 0) is 4.79 Å². The summed E-state index contributed by atoms with van der Waals surface area (Å²) in [5, 5.41) is 12.0. The van der Waals surface area contributed by atoms with Crippen molar-refractivity contribution in [3.05, 3.63) is 0 Å². The van der Waals surface area contributed by atoms with Crippen LogP contribution in [0.3, 0.4) is 0 Å². The van der Waals surface area contributed by atoms with E-state index in [1.54, 1.807) is 11.8 Å². The van der Waals surface area contributed by atoms with Crippen molar-refractivity contribution in [2.45, 2.75) is 24.3 Å². The maximum absolute atomic E-state index is 10.5. The molecular formula is C7H14N2O2S. The van der Waals surface area contributed by atoms with Gasteiger partial charge in [-0.2, -0.15) is 0 Å². The number of aliphatic carboxylic acids is 1. The third-order valence-electron chi connectivity index (χ3n) is 1.82. The van der Waals surface area contributed by atoms with Crippen LogP contribution in [0.5, 0.6) is 0 Å². The molecule has 5 heteroatoms. The Kier molecular flexibility index (Phi) is 3.84. The van der Waals surface area contributed by atoms with Crippen molar-refractivity contribution >= 4 is 17.7 Å². The van der Waals surface area contributed by atoms with Crippen molar-refractivity contribution in [1.29, 1.82) is 0 Å². The van der Waals surface area contributed by atoms with Gasteiger partial charge in [-0.1, -0.05) is 0 Å². The Morgan fingerprint density at radius 2 is 2.50 bits per heavy atom. The molecule has 0 aliphatic carbocycles. The van der Waals surface area contributed by atoms with Crippen LogP contribution in [0, 0.1) is 0 Å². The van der Waals surface area contributed by atoms with Gasteiger partial charge in [-0.15, -0.1) is 11.8 Å². The predicted octanol–water partition coefficient (Wildman–Crippen LogP) is -0.159. The smallest absolute Gasteiger partial charge is 0.321 e. The molecular weight excluding hydrogens is 176 g/mol. The molecule has 1 saturated heterocycles. The monoisotopic (exact) mass is 190 g/mol. The van der Waals surface area contributed by atoms with E-state index >= 15 is 0 Å². The number of hydrogen-bond acceptors (Lipinski definition) is 4. The summed E-state index contributed by atoms with van der Waals surface area (Å²) in [6.07, 6.45) is 1.92. The lowest BCUT2D eigenvalue weighted by Gasteiger charge is -2.09. The van der Waals surface area contributed by atoms with Crippen molar-refractivity contribution in [3.63, 3.8) is 0 Å². The third kappa shape index (κ3) is 2.66. The number of carboxylic acid groups (broad SMARTS) is 1. The summed E-state index contributed by atoms with van der Waals surface area (Å²) in [6, 6.07) is -0.363. The van der Waals surface area contributed by atoms with E-state index in [1.807, 2.05) is 0 Å². The number of carboxylic acids is 1. The number of nitrogens with one attached hydrogen (secondary N) is 1. The number of nitrogens with two attached hydrogens (primary N) is 1. The molecule has 4 nitrogen and oxygen atoms in total. The fourth-order valence-corrected chi connectivity index (χ4v) is 2.40. The highest BCUT2D eigenvalue weighted by Gasteiger charge is 2.28. The number of rotatable bonds is 4. The molecule has 0 saturated carbocycles. The normalized spacial score (nSPS) is 29.1. The lowest BCUT2D eigenvalue weighted by Crippen LogP contribution is -2.36. The molecule has 1 aliphatic rings. The number of thioether (sulfide) groups is 1. The lowest BCUT2D eigenvalue weighted by atomic mass is 10.3. The minimum absolute atomic E-state index is 0.287. The van der Waals surface area contributed by atoms with Gasteiger partial charge >= 0.3 is 5.97 Å². The Morgan fingerprint density at radius 1 is 1.75 bits per heavy atom. The summed E-state index contributed by atoms with van der Waals surface area (Å²) in [4.78, 5) is 10.5. The maximum Gasteiger partial charge on any atom is 0.321 e. The zero-order valence-corrected chi connectivity index (χ0v) is 7.64. The van der Waals surface area contributed by atoms with Crippen LogP contribution in [-0.4, -0.2) is 34.8 Å². The van der Waals surface area contributed by atoms with E-state index < -0.39 is 5.97 Å².